The van der Waals surface area contributed by atoms with Crippen molar-refractivity contribution in [2.75, 3.05) is 25.0 Å². The van der Waals surface area contributed by atoms with Gasteiger partial charge in [-0.25, -0.2) is 8.78 Å². The third-order valence-electron chi connectivity index (χ3n) is 5.10. The molecule has 0 bridgehead atoms. The summed E-state index contributed by atoms with van der Waals surface area (Å²) in [5.41, 5.74) is 0.0540. The van der Waals surface area contributed by atoms with Crippen LogP contribution >= 0.6 is 0 Å². The summed E-state index contributed by atoms with van der Waals surface area (Å²) in [5, 5.41) is 2.56. The van der Waals surface area contributed by atoms with Crippen molar-refractivity contribution in [3.8, 4) is 0 Å². The van der Waals surface area contributed by atoms with Crippen LogP contribution in [-0.4, -0.2) is 25.5 Å². The molecule has 22 heavy (non-hydrogen) atoms. The van der Waals surface area contributed by atoms with Crippen LogP contribution in [0.3, 0.4) is 0 Å². The lowest BCUT2D eigenvalue weighted by Crippen LogP contribution is -3.15. The van der Waals surface area contributed by atoms with Crippen LogP contribution in [-0.2, 0) is 4.79 Å². The predicted octanol–water partition coefficient (Wildman–Crippen LogP) is 2.00. The standard InChI is InChI=1S/C17H22F2N2O/c18-14-5-6-16(15(19)9-14)20-17(22)11-21-8-7-12-3-1-2-4-13(12)10-21/h5-6,9,12-13H,1-4,7-8,10-11H2,(H,20,22)/p+1/t12-,13-/m1/s1. The zero-order chi connectivity index (χ0) is 15.5. The number of fused-ring (bicyclic) bond motifs is 1. The SMILES string of the molecule is O=C(C[NH+]1CC[C@H]2CCCC[C@@H]2C1)Nc1ccc(F)cc1F. The van der Waals surface area contributed by atoms with Gasteiger partial charge < -0.3 is 10.2 Å². The van der Waals surface area contributed by atoms with Crippen molar-refractivity contribution in [2.45, 2.75) is 32.1 Å². The van der Waals surface area contributed by atoms with Crippen molar-refractivity contribution in [1.29, 1.82) is 0 Å². The number of carbonyl (C=O) groups excluding carboxylic acids is 1. The number of piperidine rings is 1. The van der Waals surface area contributed by atoms with Crippen LogP contribution in [0, 0.1) is 23.5 Å². The molecule has 2 N–H and O–H groups in total. The fraction of sp³-hybridized carbons (Fsp3) is 0.588. The fourth-order valence-electron chi connectivity index (χ4n) is 3.97. The minimum atomic E-state index is -0.727. The predicted molar refractivity (Wildman–Crippen MR) is 80.6 cm³/mol. The summed E-state index contributed by atoms with van der Waals surface area (Å²) in [4.78, 5) is 13.4. The zero-order valence-electron chi connectivity index (χ0n) is 12.7. The first-order valence-electron chi connectivity index (χ1n) is 8.20. The summed E-state index contributed by atoms with van der Waals surface area (Å²) < 4.78 is 26.4. The van der Waals surface area contributed by atoms with E-state index in [1.54, 1.807) is 0 Å². The van der Waals surface area contributed by atoms with Crippen molar-refractivity contribution in [1.82, 2.24) is 0 Å². The highest BCUT2D eigenvalue weighted by Crippen LogP contribution is 2.32. The van der Waals surface area contributed by atoms with Gasteiger partial charge in [-0.05, 0) is 37.3 Å². The molecule has 1 aromatic carbocycles. The van der Waals surface area contributed by atoms with E-state index >= 15 is 0 Å². The Balaban J connectivity index is 1.53. The highest BCUT2D eigenvalue weighted by atomic mass is 19.1. The van der Waals surface area contributed by atoms with Crippen molar-refractivity contribution in [3.05, 3.63) is 29.8 Å². The minimum absolute atomic E-state index is 0.0540. The lowest BCUT2D eigenvalue weighted by atomic mass is 9.75. The van der Waals surface area contributed by atoms with Crippen molar-refractivity contribution < 1.29 is 18.5 Å². The number of amides is 1. The molecule has 3 nitrogen and oxygen atoms in total. The first kappa shape index (κ1) is 15.4. The van der Waals surface area contributed by atoms with Gasteiger partial charge in [0.1, 0.15) is 11.6 Å². The van der Waals surface area contributed by atoms with E-state index in [4.69, 9.17) is 0 Å². The second-order valence-corrected chi connectivity index (χ2v) is 6.65. The molecule has 0 spiro atoms. The van der Waals surface area contributed by atoms with E-state index in [1.165, 1.54) is 43.1 Å². The average Bonchev–Trinajstić information content (AvgIpc) is 2.50. The smallest absolute Gasteiger partial charge is 0.279 e. The molecule has 1 aliphatic carbocycles. The molecule has 2 aliphatic rings. The summed E-state index contributed by atoms with van der Waals surface area (Å²) in [6.07, 6.45) is 6.47. The largest absolute Gasteiger partial charge is 0.327 e. The van der Waals surface area contributed by atoms with Crippen LogP contribution in [0.1, 0.15) is 32.1 Å². The normalized spacial score (nSPS) is 28.0. The molecule has 120 valence electrons. The monoisotopic (exact) mass is 309 g/mol. The van der Waals surface area contributed by atoms with Crippen LogP contribution in [0.5, 0.6) is 0 Å². The van der Waals surface area contributed by atoms with Crippen LogP contribution in [0.15, 0.2) is 18.2 Å². The number of halogens is 2. The summed E-state index contributed by atoms with van der Waals surface area (Å²) in [6, 6.07) is 3.21. The first-order valence-corrected chi connectivity index (χ1v) is 8.20. The van der Waals surface area contributed by atoms with Crippen LogP contribution in [0.4, 0.5) is 14.5 Å². The second-order valence-electron chi connectivity index (χ2n) is 6.65. The van der Waals surface area contributed by atoms with E-state index in [2.05, 4.69) is 5.32 Å². The maximum absolute atomic E-state index is 13.5. The van der Waals surface area contributed by atoms with Gasteiger partial charge in [0.25, 0.3) is 5.91 Å². The van der Waals surface area contributed by atoms with Gasteiger partial charge in [-0.2, -0.15) is 0 Å². The van der Waals surface area contributed by atoms with Crippen molar-refractivity contribution in [2.24, 2.45) is 11.8 Å². The Morgan fingerprint density at radius 2 is 1.95 bits per heavy atom. The lowest BCUT2D eigenvalue weighted by molar-refractivity contribution is -0.902. The molecule has 1 aliphatic heterocycles. The van der Waals surface area contributed by atoms with Crippen LogP contribution < -0.4 is 10.2 Å². The van der Waals surface area contributed by atoms with E-state index in [0.29, 0.717) is 6.54 Å². The minimum Gasteiger partial charge on any atom is -0.327 e. The molecule has 1 heterocycles. The van der Waals surface area contributed by atoms with Crippen LogP contribution in [0.25, 0.3) is 0 Å². The number of benzene rings is 1. The Bertz CT molecular complexity index is 549. The van der Waals surface area contributed by atoms with Crippen molar-refractivity contribution in [3.63, 3.8) is 0 Å². The van der Waals surface area contributed by atoms with E-state index in [1.807, 2.05) is 0 Å². The average molecular weight is 309 g/mol. The van der Waals surface area contributed by atoms with Gasteiger partial charge in [0.05, 0.1) is 18.8 Å². The summed E-state index contributed by atoms with van der Waals surface area (Å²) in [5.74, 6) is 0.0209. The van der Waals surface area contributed by atoms with E-state index in [-0.39, 0.29) is 11.6 Å². The number of nitrogens with one attached hydrogen (secondary N) is 2. The Labute approximate surface area is 129 Å². The molecule has 1 unspecified atom stereocenters. The van der Waals surface area contributed by atoms with Crippen molar-refractivity contribution >= 4 is 11.6 Å². The molecule has 0 aromatic heterocycles. The molecule has 1 aromatic rings. The van der Waals surface area contributed by atoms with Gasteiger partial charge >= 0.3 is 0 Å². The number of quaternary nitrogens is 1. The number of likely N-dealkylation sites (tertiary alicyclic amines) is 1. The Kier molecular flexibility index (Phi) is 4.71. The molecule has 1 saturated heterocycles. The Morgan fingerprint density at radius 3 is 2.73 bits per heavy atom. The summed E-state index contributed by atoms with van der Waals surface area (Å²) >= 11 is 0. The topological polar surface area (TPSA) is 33.5 Å². The number of hydrogen-bond acceptors (Lipinski definition) is 1. The van der Waals surface area contributed by atoms with Gasteiger partial charge in [-0.1, -0.05) is 12.8 Å². The highest BCUT2D eigenvalue weighted by molar-refractivity contribution is 5.91. The zero-order valence-corrected chi connectivity index (χ0v) is 12.7. The van der Waals surface area contributed by atoms with Crippen LogP contribution in [0.2, 0.25) is 0 Å². The molecule has 2 fully saturated rings. The molecular formula is C17H23F2N2O+. The molecular weight excluding hydrogens is 286 g/mol. The molecule has 0 radical (unpaired) electrons. The Hall–Kier alpha value is -1.49. The second kappa shape index (κ2) is 6.73. The number of rotatable bonds is 3. The van der Waals surface area contributed by atoms with Gasteiger partial charge in [0.2, 0.25) is 0 Å². The molecule has 3 rings (SSSR count). The van der Waals surface area contributed by atoms with Gasteiger partial charge in [-0.15, -0.1) is 0 Å². The fourth-order valence-corrected chi connectivity index (χ4v) is 3.97. The lowest BCUT2D eigenvalue weighted by Gasteiger charge is -2.38. The molecule has 1 saturated carbocycles. The van der Waals surface area contributed by atoms with E-state index in [9.17, 15) is 13.6 Å². The number of hydrogen-bond donors (Lipinski definition) is 2. The number of carbonyl (C=O) groups is 1. The third kappa shape index (κ3) is 3.64. The maximum Gasteiger partial charge on any atom is 0.279 e. The first-order chi connectivity index (χ1) is 10.6. The summed E-state index contributed by atoms with van der Waals surface area (Å²) in [7, 11) is 0. The van der Waals surface area contributed by atoms with E-state index in [0.717, 1.165) is 37.1 Å². The third-order valence-corrected chi connectivity index (χ3v) is 5.10. The summed E-state index contributed by atoms with van der Waals surface area (Å²) in [6.45, 7) is 2.42. The van der Waals surface area contributed by atoms with Gasteiger partial charge in [0.15, 0.2) is 6.54 Å². The highest BCUT2D eigenvalue weighted by Gasteiger charge is 2.34. The van der Waals surface area contributed by atoms with E-state index < -0.39 is 11.6 Å². The molecule has 1 amide bonds. The Morgan fingerprint density at radius 1 is 1.18 bits per heavy atom. The van der Waals surface area contributed by atoms with Gasteiger partial charge in [-0.3, -0.25) is 4.79 Å². The number of anilines is 1. The van der Waals surface area contributed by atoms with Gasteiger partial charge in [0, 0.05) is 12.0 Å². The maximum atomic E-state index is 13.5. The molecule has 3 atom stereocenters. The quantitative estimate of drug-likeness (QED) is 0.880. The molecule has 5 heteroatoms.